The lowest BCUT2D eigenvalue weighted by Crippen LogP contribution is -2.36. The molecule has 2 aromatic carbocycles. The van der Waals surface area contributed by atoms with Crippen LogP contribution in [0, 0.1) is 0 Å². The lowest BCUT2D eigenvalue weighted by Gasteiger charge is -2.22. The van der Waals surface area contributed by atoms with Gasteiger partial charge in [-0.1, -0.05) is 53.5 Å². The number of carbonyl (C=O) groups is 1. The molecule has 28 heavy (non-hydrogen) atoms. The number of halogens is 2. The maximum atomic E-state index is 12.6. The van der Waals surface area contributed by atoms with E-state index in [9.17, 15) is 4.79 Å². The van der Waals surface area contributed by atoms with Crippen LogP contribution >= 0.6 is 23.2 Å². The molecule has 0 aliphatic carbocycles. The van der Waals surface area contributed by atoms with Gasteiger partial charge in [0.15, 0.2) is 0 Å². The molecule has 0 unspecified atom stereocenters. The molecule has 3 rings (SSSR count). The van der Waals surface area contributed by atoms with E-state index in [1.807, 2.05) is 60.6 Å². The third-order valence-corrected chi connectivity index (χ3v) is 5.24. The molecule has 0 saturated heterocycles. The molecule has 0 bridgehead atoms. The van der Waals surface area contributed by atoms with Crippen molar-refractivity contribution < 1.29 is 4.79 Å². The Morgan fingerprint density at radius 1 is 1.04 bits per heavy atom. The van der Waals surface area contributed by atoms with E-state index < -0.39 is 0 Å². The van der Waals surface area contributed by atoms with Crippen molar-refractivity contribution in [2.75, 3.05) is 20.6 Å². The van der Waals surface area contributed by atoms with Crippen molar-refractivity contribution in [1.29, 1.82) is 0 Å². The Balaban J connectivity index is 1.56. The molecule has 1 amide bonds. The van der Waals surface area contributed by atoms with Crippen molar-refractivity contribution in [3.8, 4) is 5.69 Å². The van der Waals surface area contributed by atoms with E-state index in [0.29, 0.717) is 23.1 Å². The predicted molar refractivity (Wildman–Crippen MR) is 113 cm³/mol. The molecule has 0 fully saturated rings. The van der Waals surface area contributed by atoms with Gasteiger partial charge in [-0.05, 0) is 30.8 Å². The van der Waals surface area contributed by atoms with Gasteiger partial charge in [-0.2, -0.15) is 5.10 Å². The van der Waals surface area contributed by atoms with Gasteiger partial charge in [0, 0.05) is 31.9 Å². The molecular weight excluding hydrogens is 395 g/mol. The second-order valence-corrected chi connectivity index (χ2v) is 7.55. The van der Waals surface area contributed by atoms with E-state index >= 15 is 0 Å². The highest BCUT2D eigenvalue weighted by atomic mass is 35.5. The molecule has 0 radical (unpaired) electrons. The van der Waals surface area contributed by atoms with Gasteiger partial charge in [-0.3, -0.25) is 9.69 Å². The first kappa shape index (κ1) is 20.4. The van der Waals surface area contributed by atoms with E-state index in [1.165, 1.54) is 0 Å². The van der Waals surface area contributed by atoms with Crippen LogP contribution in [0.5, 0.6) is 0 Å². The van der Waals surface area contributed by atoms with Crippen molar-refractivity contribution in [3.63, 3.8) is 0 Å². The van der Waals surface area contributed by atoms with Gasteiger partial charge >= 0.3 is 0 Å². The fourth-order valence-electron chi connectivity index (χ4n) is 2.89. The van der Waals surface area contributed by atoms with Crippen LogP contribution in [0.3, 0.4) is 0 Å². The fraction of sp³-hybridized carbons (Fsp3) is 0.238. The summed E-state index contributed by atoms with van der Waals surface area (Å²) in [7, 11) is 3.68. The summed E-state index contributed by atoms with van der Waals surface area (Å²) in [5.74, 6) is 0.0214. The number of aromatic nitrogens is 2. The minimum Gasteiger partial charge on any atom is -0.340 e. The largest absolute Gasteiger partial charge is 0.340 e. The summed E-state index contributed by atoms with van der Waals surface area (Å²) in [5, 5.41) is 5.43. The number of benzene rings is 2. The Labute approximate surface area is 175 Å². The third-order valence-electron chi connectivity index (χ3n) is 4.38. The third kappa shape index (κ3) is 5.13. The number of hydrogen-bond donors (Lipinski definition) is 0. The molecular formula is C21H22Cl2N4O. The van der Waals surface area contributed by atoms with E-state index in [4.69, 9.17) is 23.2 Å². The van der Waals surface area contributed by atoms with Gasteiger partial charge < -0.3 is 4.90 Å². The van der Waals surface area contributed by atoms with Gasteiger partial charge in [0.05, 0.1) is 28.5 Å². The molecule has 5 nitrogen and oxygen atoms in total. The SMILES string of the molecule is CN(CC(=O)N(C)Cc1cnn(-c2ccccc2)c1)Cc1cccc(Cl)c1Cl. The fourth-order valence-corrected chi connectivity index (χ4v) is 3.27. The minimum absolute atomic E-state index is 0.0214. The van der Waals surface area contributed by atoms with Gasteiger partial charge in [-0.15, -0.1) is 0 Å². The lowest BCUT2D eigenvalue weighted by molar-refractivity contribution is -0.131. The molecule has 3 aromatic rings. The molecule has 146 valence electrons. The van der Waals surface area contributed by atoms with E-state index in [0.717, 1.165) is 16.8 Å². The van der Waals surface area contributed by atoms with Gasteiger partial charge in [0.2, 0.25) is 5.91 Å². The molecule has 0 aliphatic rings. The Kier molecular flexibility index (Phi) is 6.73. The molecule has 0 N–H and O–H groups in total. The zero-order valence-corrected chi connectivity index (χ0v) is 17.4. The molecule has 7 heteroatoms. The van der Waals surface area contributed by atoms with Crippen LogP contribution in [0.2, 0.25) is 10.0 Å². The average molecular weight is 417 g/mol. The van der Waals surface area contributed by atoms with Crippen LogP contribution in [0.25, 0.3) is 5.69 Å². The first-order chi connectivity index (χ1) is 13.4. The highest BCUT2D eigenvalue weighted by molar-refractivity contribution is 6.42. The number of nitrogens with zero attached hydrogens (tertiary/aromatic N) is 4. The van der Waals surface area contributed by atoms with Gasteiger partial charge in [0.25, 0.3) is 0 Å². The van der Waals surface area contributed by atoms with Crippen LogP contribution in [0.15, 0.2) is 60.9 Å². The zero-order valence-electron chi connectivity index (χ0n) is 15.8. The lowest BCUT2D eigenvalue weighted by atomic mass is 10.2. The van der Waals surface area contributed by atoms with E-state index in [1.54, 1.807) is 28.9 Å². The molecule has 0 spiro atoms. The second-order valence-electron chi connectivity index (χ2n) is 6.76. The van der Waals surface area contributed by atoms with E-state index in [-0.39, 0.29) is 12.5 Å². The Morgan fingerprint density at radius 3 is 2.54 bits per heavy atom. The quantitative estimate of drug-likeness (QED) is 0.577. The summed E-state index contributed by atoms with van der Waals surface area (Å²) in [5.41, 5.74) is 2.86. The first-order valence-electron chi connectivity index (χ1n) is 8.88. The standard InChI is InChI=1S/C21H22Cl2N4O/c1-25(14-17-7-6-10-19(22)21(17)23)15-20(28)26(2)12-16-11-24-27(13-16)18-8-4-3-5-9-18/h3-11,13H,12,14-15H2,1-2H3. The van der Waals surface area contributed by atoms with Crippen molar-refractivity contribution in [2.24, 2.45) is 0 Å². The summed E-state index contributed by atoms with van der Waals surface area (Å²) >= 11 is 12.3. The maximum absolute atomic E-state index is 12.6. The Bertz CT molecular complexity index is 943. The smallest absolute Gasteiger partial charge is 0.236 e. The minimum atomic E-state index is 0.0214. The summed E-state index contributed by atoms with van der Waals surface area (Å²) in [4.78, 5) is 16.2. The topological polar surface area (TPSA) is 41.4 Å². The van der Waals surface area contributed by atoms with Gasteiger partial charge in [0.1, 0.15) is 0 Å². The van der Waals surface area contributed by atoms with Crippen LogP contribution in [-0.4, -0.2) is 46.1 Å². The number of rotatable bonds is 7. The number of para-hydroxylation sites is 1. The summed E-state index contributed by atoms with van der Waals surface area (Å²) in [6.45, 7) is 1.33. The van der Waals surface area contributed by atoms with Crippen molar-refractivity contribution in [3.05, 3.63) is 82.1 Å². The van der Waals surface area contributed by atoms with Crippen LogP contribution in [0.4, 0.5) is 0 Å². The van der Waals surface area contributed by atoms with E-state index in [2.05, 4.69) is 5.10 Å². The van der Waals surface area contributed by atoms with Crippen LogP contribution in [0.1, 0.15) is 11.1 Å². The van der Waals surface area contributed by atoms with Crippen molar-refractivity contribution >= 4 is 29.1 Å². The van der Waals surface area contributed by atoms with Crippen molar-refractivity contribution in [1.82, 2.24) is 19.6 Å². The molecule has 1 aromatic heterocycles. The Hall–Kier alpha value is -2.34. The van der Waals surface area contributed by atoms with Crippen LogP contribution < -0.4 is 0 Å². The second kappa shape index (κ2) is 9.24. The number of carbonyl (C=O) groups excluding carboxylic acids is 1. The molecule has 0 aliphatic heterocycles. The molecule has 0 saturated carbocycles. The summed E-state index contributed by atoms with van der Waals surface area (Å²) in [6, 6.07) is 15.4. The molecule has 0 atom stereocenters. The predicted octanol–water partition coefficient (Wildman–Crippen LogP) is 4.27. The maximum Gasteiger partial charge on any atom is 0.236 e. The zero-order chi connectivity index (χ0) is 20.1. The highest BCUT2D eigenvalue weighted by Crippen LogP contribution is 2.26. The van der Waals surface area contributed by atoms with Crippen LogP contribution in [-0.2, 0) is 17.9 Å². The monoisotopic (exact) mass is 416 g/mol. The molecule has 1 heterocycles. The number of amides is 1. The van der Waals surface area contributed by atoms with Crippen molar-refractivity contribution in [2.45, 2.75) is 13.1 Å². The van der Waals surface area contributed by atoms with Gasteiger partial charge in [-0.25, -0.2) is 4.68 Å². The summed E-state index contributed by atoms with van der Waals surface area (Å²) < 4.78 is 1.81. The average Bonchev–Trinajstić information content (AvgIpc) is 3.14. The number of hydrogen-bond acceptors (Lipinski definition) is 3. The normalized spacial score (nSPS) is 11.0. The highest BCUT2D eigenvalue weighted by Gasteiger charge is 2.15. The first-order valence-corrected chi connectivity index (χ1v) is 9.64. The number of likely N-dealkylation sites (N-methyl/N-ethyl adjacent to an activating group) is 2. The Morgan fingerprint density at radius 2 is 1.79 bits per heavy atom. The summed E-state index contributed by atoms with van der Waals surface area (Å²) in [6.07, 6.45) is 3.72.